The number of nitro groups is 1. The number of nitrogens with zero attached hydrogens (tertiary/aromatic N) is 2. The summed E-state index contributed by atoms with van der Waals surface area (Å²) in [6, 6.07) is 8.64. The molecule has 5 rings (SSSR count). The SMILES string of the molecule is CN(C)c1ccc([C@H]2C[C@@]3(C)C(CCC3(/C=C/CO)[N+](=O)[O-])C3CCC4=CC(=O)CCC4=C32)cc1. The number of benzene rings is 1. The second kappa shape index (κ2) is 8.74. The first-order chi connectivity index (χ1) is 16.7. The number of allylic oxidation sites excluding steroid dienone is 4. The van der Waals surface area contributed by atoms with Crippen LogP contribution in [-0.4, -0.2) is 42.1 Å². The van der Waals surface area contributed by atoms with Gasteiger partial charge in [-0.2, -0.15) is 0 Å². The average molecular weight is 477 g/mol. The number of aliphatic hydroxyl groups is 1. The van der Waals surface area contributed by atoms with Crippen LogP contribution in [-0.2, 0) is 4.79 Å². The number of carbonyl (C=O) groups is 1. The summed E-state index contributed by atoms with van der Waals surface area (Å²) in [5.41, 5.74) is 4.64. The number of aliphatic hydroxyl groups excluding tert-OH is 1. The summed E-state index contributed by atoms with van der Waals surface area (Å²) in [7, 11) is 4.05. The number of hydrogen-bond acceptors (Lipinski definition) is 5. The smallest absolute Gasteiger partial charge is 0.245 e. The van der Waals surface area contributed by atoms with Crippen molar-refractivity contribution in [1.82, 2.24) is 0 Å². The first-order valence-corrected chi connectivity index (χ1v) is 12.9. The summed E-state index contributed by atoms with van der Waals surface area (Å²) >= 11 is 0. The molecule has 0 heterocycles. The molecule has 0 bridgehead atoms. The van der Waals surface area contributed by atoms with Gasteiger partial charge in [0, 0.05) is 48.9 Å². The van der Waals surface area contributed by atoms with Gasteiger partial charge in [-0.15, -0.1) is 0 Å². The Morgan fingerprint density at radius 2 is 1.91 bits per heavy atom. The monoisotopic (exact) mass is 476 g/mol. The molecule has 3 unspecified atom stereocenters. The molecule has 5 atom stereocenters. The quantitative estimate of drug-likeness (QED) is 0.358. The van der Waals surface area contributed by atoms with Gasteiger partial charge in [0.15, 0.2) is 5.78 Å². The zero-order valence-electron chi connectivity index (χ0n) is 21.0. The molecular formula is C29H36N2O4. The van der Waals surface area contributed by atoms with E-state index >= 15 is 0 Å². The van der Waals surface area contributed by atoms with Gasteiger partial charge in [-0.1, -0.05) is 30.7 Å². The van der Waals surface area contributed by atoms with Gasteiger partial charge >= 0.3 is 0 Å². The molecule has 0 aromatic heterocycles. The fourth-order valence-corrected chi connectivity index (χ4v) is 7.88. The third kappa shape index (κ3) is 3.60. The molecule has 0 amide bonds. The molecule has 35 heavy (non-hydrogen) atoms. The van der Waals surface area contributed by atoms with Crippen LogP contribution in [0.5, 0.6) is 0 Å². The second-order valence-corrected chi connectivity index (χ2v) is 11.3. The van der Waals surface area contributed by atoms with Crippen molar-refractivity contribution in [3.63, 3.8) is 0 Å². The van der Waals surface area contributed by atoms with Crippen LogP contribution in [0.2, 0.25) is 0 Å². The maximum atomic E-state index is 12.7. The topological polar surface area (TPSA) is 83.7 Å². The van der Waals surface area contributed by atoms with Gasteiger partial charge in [-0.25, -0.2) is 0 Å². The fraction of sp³-hybridized carbons (Fsp3) is 0.552. The number of ketones is 1. The van der Waals surface area contributed by atoms with Crippen molar-refractivity contribution in [3.05, 3.63) is 74.9 Å². The van der Waals surface area contributed by atoms with E-state index in [0.717, 1.165) is 31.4 Å². The average Bonchev–Trinajstić information content (AvgIpc) is 3.14. The van der Waals surface area contributed by atoms with Crippen molar-refractivity contribution in [2.24, 2.45) is 17.3 Å². The molecule has 1 aromatic rings. The molecule has 0 spiro atoms. The summed E-state index contributed by atoms with van der Waals surface area (Å²) in [6.07, 6.45) is 10.3. The van der Waals surface area contributed by atoms with Gasteiger partial charge in [0.1, 0.15) is 0 Å². The molecule has 4 aliphatic rings. The minimum atomic E-state index is -1.17. The van der Waals surface area contributed by atoms with Gasteiger partial charge in [0.05, 0.1) is 6.61 Å². The van der Waals surface area contributed by atoms with Gasteiger partial charge in [0.2, 0.25) is 5.54 Å². The van der Waals surface area contributed by atoms with E-state index in [0.29, 0.717) is 19.3 Å². The highest BCUT2D eigenvalue weighted by atomic mass is 16.6. The first kappa shape index (κ1) is 24.0. The van der Waals surface area contributed by atoms with Gasteiger partial charge in [-0.05, 0) is 84.9 Å². The Bertz CT molecular complexity index is 1130. The first-order valence-electron chi connectivity index (χ1n) is 12.9. The molecular weight excluding hydrogens is 440 g/mol. The Kier molecular flexibility index (Phi) is 5.99. The van der Waals surface area contributed by atoms with E-state index in [-0.39, 0.29) is 35.1 Å². The van der Waals surface area contributed by atoms with E-state index in [4.69, 9.17) is 0 Å². The summed E-state index contributed by atoms with van der Waals surface area (Å²) in [5.74, 6) is 0.814. The van der Waals surface area contributed by atoms with Gasteiger partial charge in [0.25, 0.3) is 0 Å². The van der Waals surface area contributed by atoms with Crippen molar-refractivity contribution in [1.29, 1.82) is 0 Å². The van der Waals surface area contributed by atoms with Gasteiger partial charge < -0.3 is 10.0 Å². The number of carbonyl (C=O) groups excluding carboxylic acids is 1. The van der Waals surface area contributed by atoms with E-state index in [1.165, 1.54) is 22.3 Å². The molecule has 0 saturated heterocycles. The number of rotatable bonds is 5. The summed E-state index contributed by atoms with van der Waals surface area (Å²) in [6.45, 7) is 1.94. The summed E-state index contributed by atoms with van der Waals surface area (Å²) < 4.78 is 0. The van der Waals surface area contributed by atoms with E-state index < -0.39 is 11.0 Å². The van der Waals surface area contributed by atoms with Crippen LogP contribution in [0.4, 0.5) is 5.69 Å². The summed E-state index contributed by atoms with van der Waals surface area (Å²) in [4.78, 5) is 26.9. The van der Waals surface area contributed by atoms with Crippen molar-refractivity contribution in [2.75, 3.05) is 25.6 Å². The zero-order chi connectivity index (χ0) is 25.0. The Morgan fingerprint density at radius 3 is 2.57 bits per heavy atom. The lowest BCUT2D eigenvalue weighted by atomic mass is 9.50. The van der Waals surface area contributed by atoms with E-state index in [2.05, 4.69) is 36.1 Å². The molecule has 186 valence electrons. The Labute approximate surface area is 207 Å². The molecule has 0 radical (unpaired) electrons. The van der Waals surface area contributed by atoms with Crippen molar-refractivity contribution < 1.29 is 14.8 Å². The Balaban J connectivity index is 1.68. The highest BCUT2D eigenvalue weighted by molar-refractivity contribution is 5.93. The Hall–Kier alpha value is -2.73. The lowest BCUT2D eigenvalue weighted by molar-refractivity contribution is -0.574. The Morgan fingerprint density at radius 1 is 1.17 bits per heavy atom. The zero-order valence-corrected chi connectivity index (χ0v) is 21.0. The van der Waals surface area contributed by atoms with Crippen molar-refractivity contribution in [2.45, 2.75) is 63.3 Å². The lowest BCUT2D eigenvalue weighted by Gasteiger charge is -2.52. The minimum Gasteiger partial charge on any atom is -0.392 e. The number of hydrogen-bond donors (Lipinski definition) is 1. The number of fused-ring (bicyclic) bond motifs is 4. The van der Waals surface area contributed by atoms with E-state index in [1.54, 1.807) is 12.2 Å². The van der Waals surface area contributed by atoms with E-state index in [9.17, 15) is 20.0 Å². The standard InChI is InChI=1S/C29H36N2O4/c1-28-18-25(19-5-8-21(9-6-19)30(2)3)27-23-12-10-22(33)17-20(23)7-11-24(27)26(28)13-15-29(28,31(34)35)14-4-16-32/h4-6,8-9,14,17,24-26,32H,7,10-13,15-16,18H2,1-3H3/b14-4+/t24?,25-,26?,28+,29?/m1/s1. The fourth-order valence-electron chi connectivity index (χ4n) is 7.88. The van der Waals surface area contributed by atoms with Crippen LogP contribution in [0.3, 0.4) is 0 Å². The highest BCUT2D eigenvalue weighted by Gasteiger charge is 2.69. The third-order valence-electron chi connectivity index (χ3n) is 9.59. The molecule has 4 aliphatic carbocycles. The predicted octanol–water partition coefficient (Wildman–Crippen LogP) is 5.22. The third-order valence-corrected chi connectivity index (χ3v) is 9.59. The van der Waals surface area contributed by atoms with Crippen LogP contribution >= 0.6 is 0 Å². The second-order valence-electron chi connectivity index (χ2n) is 11.3. The van der Waals surface area contributed by atoms with Gasteiger partial charge in [-0.3, -0.25) is 14.9 Å². The van der Waals surface area contributed by atoms with Crippen LogP contribution < -0.4 is 4.90 Å². The maximum Gasteiger partial charge on any atom is 0.245 e. The van der Waals surface area contributed by atoms with Crippen molar-refractivity contribution in [3.8, 4) is 0 Å². The minimum absolute atomic E-state index is 0.0725. The molecule has 2 saturated carbocycles. The number of anilines is 1. The van der Waals surface area contributed by atoms with Crippen LogP contribution in [0.1, 0.15) is 63.4 Å². The van der Waals surface area contributed by atoms with Crippen LogP contribution in [0, 0.1) is 27.4 Å². The largest absolute Gasteiger partial charge is 0.392 e. The van der Waals surface area contributed by atoms with E-state index in [1.807, 2.05) is 20.2 Å². The molecule has 1 N–H and O–H groups in total. The summed E-state index contributed by atoms with van der Waals surface area (Å²) in [5, 5.41) is 22.2. The normalized spacial score (nSPS) is 34.3. The maximum absolute atomic E-state index is 12.7. The van der Waals surface area contributed by atoms with Crippen molar-refractivity contribution >= 4 is 11.5 Å². The molecule has 6 heteroatoms. The van der Waals surface area contributed by atoms with Crippen LogP contribution in [0.25, 0.3) is 0 Å². The molecule has 1 aromatic carbocycles. The predicted molar refractivity (Wildman–Crippen MR) is 137 cm³/mol. The molecule has 6 nitrogen and oxygen atoms in total. The lowest BCUT2D eigenvalue weighted by Crippen LogP contribution is -2.54. The molecule has 0 aliphatic heterocycles. The molecule has 2 fully saturated rings. The van der Waals surface area contributed by atoms with Crippen LogP contribution in [0.15, 0.2) is 59.2 Å². The highest BCUT2D eigenvalue weighted by Crippen LogP contribution is 2.67.